The molecular formula is C15H15BrN2O. The molecule has 3 rings (SSSR count). The summed E-state index contributed by atoms with van der Waals surface area (Å²) in [5.74, 6) is 1.03. The van der Waals surface area contributed by atoms with E-state index in [1.807, 2.05) is 19.1 Å². The predicted octanol–water partition coefficient (Wildman–Crippen LogP) is 3.70. The van der Waals surface area contributed by atoms with Gasteiger partial charge in [0.25, 0.3) is 0 Å². The summed E-state index contributed by atoms with van der Waals surface area (Å²) in [6.45, 7) is 3.61. The van der Waals surface area contributed by atoms with E-state index in [0.29, 0.717) is 0 Å². The second kappa shape index (κ2) is 5.21. The molecule has 0 atom stereocenters. The maximum atomic E-state index is 5.51. The maximum absolute atomic E-state index is 5.51. The highest BCUT2D eigenvalue weighted by Gasteiger charge is 2.11. The standard InChI is InChI=1S/C15H15BrN2O/c1-10-13(3-5-15(16)18-10)17-9-11-2-4-14-12(8-11)6-7-19-14/h2-5,8,17H,6-7,9H2,1H3. The monoisotopic (exact) mass is 318 g/mol. The van der Waals surface area contributed by atoms with Gasteiger partial charge in [-0.3, -0.25) is 0 Å². The van der Waals surface area contributed by atoms with Crippen molar-refractivity contribution >= 4 is 21.6 Å². The second-order valence-electron chi connectivity index (χ2n) is 4.66. The molecule has 1 aromatic carbocycles. The Kier molecular flexibility index (Phi) is 3.42. The fourth-order valence-corrected chi connectivity index (χ4v) is 2.66. The van der Waals surface area contributed by atoms with Crippen molar-refractivity contribution < 1.29 is 4.74 Å². The quantitative estimate of drug-likeness (QED) is 0.876. The molecule has 2 heterocycles. The van der Waals surface area contributed by atoms with Crippen molar-refractivity contribution in [3.05, 3.63) is 51.8 Å². The topological polar surface area (TPSA) is 34.2 Å². The molecule has 19 heavy (non-hydrogen) atoms. The highest BCUT2D eigenvalue weighted by molar-refractivity contribution is 9.10. The Hall–Kier alpha value is -1.55. The fraction of sp³-hybridized carbons (Fsp3) is 0.267. The lowest BCUT2D eigenvalue weighted by Crippen LogP contribution is -2.02. The van der Waals surface area contributed by atoms with E-state index >= 15 is 0 Å². The summed E-state index contributed by atoms with van der Waals surface area (Å²) in [4.78, 5) is 4.38. The normalized spacial score (nSPS) is 12.9. The minimum atomic E-state index is 0.803. The molecule has 2 aromatic rings. The van der Waals surface area contributed by atoms with Crippen molar-refractivity contribution in [1.29, 1.82) is 0 Å². The zero-order chi connectivity index (χ0) is 13.2. The van der Waals surface area contributed by atoms with Crippen molar-refractivity contribution in [3.63, 3.8) is 0 Å². The summed E-state index contributed by atoms with van der Waals surface area (Å²) in [5.41, 5.74) is 4.65. The number of nitrogens with one attached hydrogen (secondary N) is 1. The van der Waals surface area contributed by atoms with Crippen LogP contribution in [0.25, 0.3) is 0 Å². The minimum Gasteiger partial charge on any atom is -0.493 e. The van der Waals surface area contributed by atoms with Gasteiger partial charge in [0.1, 0.15) is 10.4 Å². The number of halogens is 1. The highest BCUT2D eigenvalue weighted by Crippen LogP contribution is 2.26. The van der Waals surface area contributed by atoms with Crippen molar-refractivity contribution in [2.75, 3.05) is 11.9 Å². The van der Waals surface area contributed by atoms with Gasteiger partial charge >= 0.3 is 0 Å². The SMILES string of the molecule is Cc1nc(Br)ccc1NCc1ccc2c(c1)CCO2. The number of benzene rings is 1. The smallest absolute Gasteiger partial charge is 0.122 e. The van der Waals surface area contributed by atoms with Gasteiger partial charge in [-0.05, 0) is 52.2 Å². The van der Waals surface area contributed by atoms with Gasteiger partial charge in [0, 0.05) is 13.0 Å². The van der Waals surface area contributed by atoms with Crippen molar-refractivity contribution in [2.45, 2.75) is 19.9 Å². The molecule has 0 spiro atoms. The Morgan fingerprint density at radius 2 is 2.21 bits per heavy atom. The molecule has 0 saturated carbocycles. The summed E-state index contributed by atoms with van der Waals surface area (Å²) in [6.07, 6.45) is 1.02. The van der Waals surface area contributed by atoms with Gasteiger partial charge in [-0.15, -0.1) is 0 Å². The molecule has 0 fully saturated rings. The number of aromatic nitrogens is 1. The molecule has 1 aliphatic heterocycles. The summed E-state index contributed by atoms with van der Waals surface area (Å²) in [7, 11) is 0. The van der Waals surface area contributed by atoms with E-state index in [-0.39, 0.29) is 0 Å². The molecular weight excluding hydrogens is 304 g/mol. The second-order valence-corrected chi connectivity index (χ2v) is 5.47. The van der Waals surface area contributed by atoms with Crippen molar-refractivity contribution in [3.8, 4) is 5.75 Å². The Morgan fingerprint density at radius 3 is 3.05 bits per heavy atom. The zero-order valence-corrected chi connectivity index (χ0v) is 12.3. The Balaban J connectivity index is 1.72. The number of rotatable bonds is 3. The third-order valence-corrected chi connectivity index (χ3v) is 3.73. The highest BCUT2D eigenvalue weighted by atomic mass is 79.9. The molecule has 0 unspecified atom stereocenters. The Labute approximate surface area is 121 Å². The maximum Gasteiger partial charge on any atom is 0.122 e. The van der Waals surface area contributed by atoms with E-state index in [2.05, 4.69) is 44.4 Å². The van der Waals surface area contributed by atoms with E-state index in [1.54, 1.807) is 0 Å². The van der Waals surface area contributed by atoms with Gasteiger partial charge in [0.15, 0.2) is 0 Å². The molecule has 0 aliphatic carbocycles. The summed E-state index contributed by atoms with van der Waals surface area (Å²) < 4.78 is 6.38. The minimum absolute atomic E-state index is 0.803. The van der Waals surface area contributed by atoms with E-state index in [4.69, 9.17) is 4.74 Å². The molecule has 1 aromatic heterocycles. The number of pyridine rings is 1. The van der Waals surface area contributed by atoms with E-state index in [9.17, 15) is 0 Å². The van der Waals surface area contributed by atoms with Crippen molar-refractivity contribution in [2.24, 2.45) is 0 Å². The number of aryl methyl sites for hydroxylation is 1. The van der Waals surface area contributed by atoms with Crippen molar-refractivity contribution in [1.82, 2.24) is 4.98 Å². The number of ether oxygens (including phenoxy) is 1. The van der Waals surface area contributed by atoms with Crippen LogP contribution in [0.15, 0.2) is 34.9 Å². The molecule has 1 aliphatic rings. The molecule has 98 valence electrons. The van der Waals surface area contributed by atoms with Crippen LogP contribution in [0.3, 0.4) is 0 Å². The van der Waals surface area contributed by atoms with Gasteiger partial charge < -0.3 is 10.1 Å². The van der Waals surface area contributed by atoms with Gasteiger partial charge in [0.05, 0.1) is 18.0 Å². The van der Waals surface area contributed by atoms with Crippen LogP contribution < -0.4 is 10.1 Å². The zero-order valence-electron chi connectivity index (χ0n) is 10.7. The molecule has 1 N–H and O–H groups in total. The van der Waals surface area contributed by atoms with E-state index < -0.39 is 0 Å². The number of hydrogen-bond acceptors (Lipinski definition) is 3. The van der Waals surface area contributed by atoms with Crippen LogP contribution in [-0.4, -0.2) is 11.6 Å². The van der Waals surface area contributed by atoms with Gasteiger partial charge in [0.2, 0.25) is 0 Å². The van der Waals surface area contributed by atoms with Crippen LogP contribution in [0.2, 0.25) is 0 Å². The average Bonchev–Trinajstić information content (AvgIpc) is 2.85. The number of nitrogens with zero attached hydrogens (tertiary/aromatic N) is 1. The first-order chi connectivity index (χ1) is 9.22. The lowest BCUT2D eigenvalue weighted by Gasteiger charge is -2.10. The Bertz CT molecular complexity index is 613. The number of anilines is 1. The largest absolute Gasteiger partial charge is 0.493 e. The summed E-state index contributed by atoms with van der Waals surface area (Å²) in [5, 5.41) is 3.42. The summed E-state index contributed by atoms with van der Waals surface area (Å²) in [6, 6.07) is 10.4. The van der Waals surface area contributed by atoms with E-state index in [1.165, 1.54) is 11.1 Å². The summed E-state index contributed by atoms with van der Waals surface area (Å²) >= 11 is 3.37. The number of hydrogen-bond donors (Lipinski definition) is 1. The molecule has 3 nitrogen and oxygen atoms in total. The fourth-order valence-electron chi connectivity index (χ4n) is 2.26. The predicted molar refractivity (Wildman–Crippen MR) is 79.6 cm³/mol. The van der Waals surface area contributed by atoms with Crippen LogP contribution in [0, 0.1) is 6.92 Å². The van der Waals surface area contributed by atoms with Crippen LogP contribution in [-0.2, 0) is 13.0 Å². The first kappa shape index (κ1) is 12.5. The third kappa shape index (κ3) is 2.73. The molecule has 4 heteroatoms. The lowest BCUT2D eigenvalue weighted by molar-refractivity contribution is 0.357. The first-order valence-corrected chi connectivity index (χ1v) is 7.13. The van der Waals surface area contributed by atoms with Crippen LogP contribution in [0.5, 0.6) is 5.75 Å². The van der Waals surface area contributed by atoms with Gasteiger partial charge in [-0.1, -0.05) is 12.1 Å². The molecule has 0 saturated heterocycles. The lowest BCUT2D eigenvalue weighted by atomic mass is 10.1. The van der Waals surface area contributed by atoms with Crippen LogP contribution >= 0.6 is 15.9 Å². The molecule has 0 radical (unpaired) electrons. The third-order valence-electron chi connectivity index (χ3n) is 3.29. The van der Waals surface area contributed by atoms with E-state index in [0.717, 1.165) is 41.3 Å². The average molecular weight is 319 g/mol. The molecule has 0 bridgehead atoms. The number of fused-ring (bicyclic) bond motifs is 1. The van der Waals surface area contributed by atoms with Gasteiger partial charge in [-0.25, -0.2) is 4.98 Å². The van der Waals surface area contributed by atoms with Crippen LogP contribution in [0.4, 0.5) is 5.69 Å². The first-order valence-electron chi connectivity index (χ1n) is 6.34. The Morgan fingerprint density at radius 1 is 1.32 bits per heavy atom. The van der Waals surface area contributed by atoms with Gasteiger partial charge in [-0.2, -0.15) is 0 Å². The van der Waals surface area contributed by atoms with Crippen LogP contribution in [0.1, 0.15) is 16.8 Å². The molecule has 0 amide bonds.